The van der Waals surface area contributed by atoms with Gasteiger partial charge in [0.25, 0.3) is 0 Å². The molecule has 0 aromatic heterocycles. The first-order chi connectivity index (χ1) is 9.52. The smallest absolute Gasteiger partial charge is 0.124 e. The molecule has 0 amide bonds. The first-order valence-corrected chi connectivity index (χ1v) is 7.65. The van der Waals surface area contributed by atoms with Gasteiger partial charge in [-0.1, -0.05) is 41.0 Å². The second-order valence-electron chi connectivity index (χ2n) is 4.34. The van der Waals surface area contributed by atoms with E-state index in [0.29, 0.717) is 10.0 Å². The lowest BCUT2D eigenvalue weighted by Gasteiger charge is -2.16. The van der Waals surface area contributed by atoms with Gasteiger partial charge in [0.15, 0.2) is 0 Å². The number of hydrogen-bond donors (Lipinski definition) is 1. The van der Waals surface area contributed by atoms with Crippen molar-refractivity contribution in [3.05, 3.63) is 52.0 Å². The van der Waals surface area contributed by atoms with Crippen LogP contribution in [-0.2, 0) is 0 Å². The van der Waals surface area contributed by atoms with Gasteiger partial charge in [0, 0.05) is 21.4 Å². The third kappa shape index (κ3) is 3.41. The summed E-state index contributed by atoms with van der Waals surface area (Å²) in [6.07, 6.45) is 0. The molecule has 106 valence electrons. The fourth-order valence-electron chi connectivity index (χ4n) is 1.91. The van der Waals surface area contributed by atoms with Crippen LogP contribution in [-0.4, -0.2) is 7.11 Å². The van der Waals surface area contributed by atoms with E-state index in [1.807, 2.05) is 37.3 Å². The van der Waals surface area contributed by atoms with E-state index in [0.717, 1.165) is 21.1 Å². The number of benzene rings is 2. The Kier molecular flexibility index (Phi) is 5.22. The van der Waals surface area contributed by atoms with E-state index in [4.69, 9.17) is 33.7 Å². The molecule has 0 fully saturated rings. The van der Waals surface area contributed by atoms with Crippen molar-refractivity contribution in [2.75, 3.05) is 7.11 Å². The SMILES string of the molecule is COc1cccc(Sc2ccc(Cl)c(Cl)c2)c1[C@@H](C)N. The highest BCUT2D eigenvalue weighted by Gasteiger charge is 2.14. The van der Waals surface area contributed by atoms with Crippen LogP contribution in [0.5, 0.6) is 5.75 Å². The van der Waals surface area contributed by atoms with Crippen LogP contribution < -0.4 is 10.5 Å². The van der Waals surface area contributed by atoms with Crippen molar-refractivity contribution in [2.24, 2.45) is 5.73 Å². The van der Waals surface area contributed by atoms with Crippen molar-refractivity contribution in [3.63, 3.8) is 0 Å². The van der Waals surface area contributed by atoms with Crippen LogP contribution in [0.25, 0.3) is 0 Å². The number of nitrogens with two attached hydrogens (primary N) is 1. The van der Waals surface area contributed by atoms with Crippen LogP contribution in [0, 0.1) is 0 Å². The fourth-order valence-corrected chi connectivity index (χ4v) is 3.38. The van der Waals surface area contributed by atoms with Crippen molar-refractivity contribution >= 4 is 35.0 Å². The van der Waals surface area contributed by atoms with E-state index in [2.05, 4.69) is 0 Å². The normalized spacial score (nSPS) is 12.2. The Bertz CT molecular complexity index is 617. The maximum atomic E-state index is 6.06. The van der Waals surface area contributed by atoms with Crippen molar-refractivity contribution in [1.29, 1.82) is 0 Å². The third-order valence-corrected chi connectivity index (χ3v) is 4.62. The summed E-state index contributed by atoms with van der Waals surface area (Å²) < 4.78 is 5.39. The molecule has 2 N–H and O–H groups in total. The molecule has 2 aromatic carbocycles. The Morgan fingerprint density at radius 2 is 1.90 bits per heavy atom. The van der Waals surface area contributed by atoms with Gasteiger partial charge in [-0.25, -0.2) is 0 Å². The molecule has 20 heavy (non-hydrogen) atoms. The molecule has 0 aliphatic carbocycles. The lowest BCUT2D eigenvalue weighted by atomic mass is 10.1. The Morgan fingerprint density at radius 1 is 1.15 bits per heavy atom. The number of hydrogen-bond acceptors (Lipinski definition) is 3. The highest BCUT2D eigenvalue weighted by Crippen LogP contribution is 2.39. The predicted molar refractivity (Wildman–Crippen MR) is 86.2 cm³/mol. The topological polar surface area (TPSA) is 35.2 Å². The molecule has 0 heterocycles. The van der Waals surface area contributed by atoms with E-state index in [1.54, 1.807) is 24.9 Å². The summed E-state index contributed by atoms with van der Waals surface area (Å²) in [7, 11) is 1.65. The second kappa shape index (κ2) is 6.72. The molecule has 5 heteroatoms. The zero-order valence-corrected chi connectivity index (χ0v) is 13.5. The maximum absolute atomic E-state index is 6.06. The van der Waals surface area contributed by atoms with Crippen LogP contribution in [0.4, 0.5) is 0 Å². The Labute approximate surface area is 133 Å². The predicted octanol–water partition coefficient (Wildman–Crippen LogP) is 5.17. The first kappa shape index (κ1) is 15.5. The molecule has 2 rings (SSSR count). The molecule has 0 saturated heterocycles. The van der Waals surface area contributed by atoms with Crippen molar-refractivity contribution in [1.82, 2.24) is 0 Å². The molecule has 0 bridgehead atoms. The number of ether oxygens (including phenoxy) is 1. The summed E-state index contributed by atoms with van der Waals surface area (Å²) in [6.45, 7) is 1.94. The monoisotopic (exact) mass is 327 g/mol. The Hall–Kier alpha value is -0.870. The van der Waals surface area contributed by atoms with Gasteiger partial charge in [-0.15, -0.1) is 0 Å². The van der Waals surface area contributed by atoms with Crippen LogP contribution in [0.1, 0.15) is 18.5 Å². The fraction of sp³-hybridized carbons (Fsp3) is 0.200. The van der Waals surface area contributed by atoms with Gasteiger partial charge in [0.1, 0.15) is 5.75 Å². The summed E-state index contributed by atoms with van der Waals surface area (Å²) in [4.78, 5) is 2.06. The minimum absolute atomic E-state index is 0.114. The second-order valence-corrected chi connectivity index (χ2v) is 6.27. The van der Waals surface area contributed by atoms with E-state index in [9.17, 15) is 0 Å². The summed E-state index contributed by atoms with van der Waals surface area (Å²) in [5.74, 6) is 0.796. The molecule has 0 radical (unpaired) electrons. The number of halogens is 2. The minimum Gasteiger partial charge on any atom is -0.496 e. The number of methoxy groups -OCH3 is 1. The van der Waals surface area contributed by atoms with Crippen LogP contribution >= 0.6 is 35.0 Å². The van der Waals surface area contributed by atoms with Gasteiger partial charge in [-0.3, -0.25) is 0 Å². The summed E-state index contributed by atoms with van der Waals surface area (Å²) >= 11 is 13.6. The van der Waals surface area contributed by atoms with E-state index in [1.165, 1.54) is 0 Å². The molecule has 0 saturated carbocycles. The summed E-state index contributed by atoms with van der Waals surface area (Å²) in [6, 6.07) is 11.3. The highest BCUT2D eigenvalue weighted by atomic mass is 35.5. The van der Waals surface area contributed by atoms with Crippen molar-refractivity contribution < 1.29 is 4.74 Å². The zero-order chi connectivity index (χ0) is 14.7. The molecule has 0 aliphatic rings. The van der Waals surface area contributed by atoms with E-state index < -0.39 is 0 Å². The molecule has 2 aromatic rings. The average Bonchev–Trinajstić information content (AvgIpc) is 2.42. The summed E-state index contributed by atoms with van der Waals surface area (Å²) in [5, 5.41) is 1.09. The molecule has 0 unspecified atom stereocenters. The first-order valence-electron chi connectivity index (χ1n) is 6.08. The molecular formula is C15H15Cl2NOS. The Morgan fingerprint density at radius 3 is 2.50 bits per heavy atom. The van der Waals surface area contributed by atoms with Crippen LogP contribution in [0.2, 0.25) is 10.0 Å². The number of rotatable bonds is 4. The van der Waals surface area contributed by atoms with Gasteiger partial charge in [0.05, 0.1) is 17.2 Å². The minimum atomic E-state index is -0.114. The lowest BCUT2D eigenvalue weighted by Crippen LogP contribution is -2.08. The third-order valence-electron chi connectivity index (χ3n) is 2.82. The Balaban J connectivity index is 2.40. The lowest BCUT2D eigenvalue weighted by molar-refractivity contribution is 0.405. The van der Waals surface area contributed by atoms with Crippen LogP contribution in [0.15, 0.2) is 46.2 Å². The molecule has 1 atom stereocenters. The van der Waals surface area contributed by atoms with Gasteiger partial charge < -0.3 is 10.5 Å². The molecular weight excluding hydrogens is 313 g/mol. The quantitative estimate of drug-likeness (QED) is 0.840. The van der Waals surface area contributed by atoms with Gasteiger partial charge in [-0.05, 0) is 37.3 Å². The molecule has 0 aliphatic heterocycles. The molecule has 0 spiro atoms. The van der Waals surface area contributed by atoms with Gasteiger partial charge in [0.2, 0.25) is 0 Å². The van der Waals surface area contributed by atoms with E-state index >= 15 is 0 Å². The van der Waals surface area contributed by atoms with Crippen molar-refractivity contribution in [3.8, 4) is 5.75 Å². The highest BCUT2D eigenvalue weighted by molar-refractivity contribution is 7.99. The average molecular weight is 328 g/mol. The molecule has 2 nitrogen and oxygen atoms in total. The largest absolute Gasteiger partial charge is 0.496 e. The van der Waals surface area contributed by atoms with Gasteiger partial charge >= 0.3 is 0 Å². The summed E-state index contributed by atoms with van der Waals surface area (Å²) in [5.41, 5.74) is 7.05. The van der Waals surface area contributed by atoms with Crippen molar-refractivity contribution in [2.45, 2.75) is 22.8 Å². The van der Waals surface area contributed by atoms with E-state index in [-0.39, 0.29) is 6.04 Å². The standard InChI is InChI=1S/C15H15Cl2NOS/c1-9(18)15-13(19-2)4-3-5-14(15)20-10-6-7-11(16)12(17)8-10/h3-9H,18H2,1-2H3/t9-/m1/s1. The van der Waals surface area contributed by atoms with Gasteiger partial charge in [-0.2, -0.15) is 0 Å². The van der Waals surface area contributed by atoms with Crippen LogP contribution in [0.3, 0.4) is 0 Å². The maximum Gasteiger partial charge on any atom is 0.124 e. The zero-order valence-electron chi connectivity index (χ0n) is 11.2.